The highest BCUT2D eigenvalue weighted by Crippen LogP contribution is 2.60. The van der Waals surface area contributed by atoms with Gasteiger partial charge < -0.3 is 19.9 Å². The molecule has 0 heterocycles. The van der Waals surface area contributed by atoms with Gasteiger partial charge in [-0.3, -0.25) is 14.4 Å². The molecule has 0 bridgehead atoms. The Kier molecular flexibility index (Phi) is 6.22. The van der Waals surface area contributed by atoms with Crippen LogP contribution in [0.4, 0.5) is 0 Å². The molecule has 0 saturated heterocycles. The summed E-state index contributed by atoms with van der Waals surface area (Å²) in [6.07, 6.45) is 0.517. The molecule has 10 heteroatoms. The van der Waals surface area contributed by atoms with Crippen LogP contribution in [-0.4, -0.2) is 34.1 Å². The first-order chi connectivity index (χ1) is 10.8. The zero-order valence-electron chi connectivity index (χ0n) is 12.2. The van der Waals surface area contributed by atoms with E-state index < -0.39 is 41.6 Å². The molecule has 1 fully saturated rings. The van der Waals surface area contributed by atoms with E-state index in [4.69, 9.17) is 22.0 Å². The van der Waals surface area contributed by atoms with Gasteiger partial charge in [-0.2, -0.15) is 11.8 Å². The van der Waals surface area contributed by atoms with Gasteiger partial charge in [-0.15, -0.1) is 0 Å². The fourth-order valence-corrected chi connectivity index (χ4v) is 2.62. The van der Waals surface area contributed by atoms with Crippen molar-refractivity contribution in [1.29, 1.82) is 0 Å². The zero-order valence-corrected chi connectivity index (χ0v) is 12.2. The number of nitrogens with two attached hydrogens (primary N) is 2. The Morgan fingerprint density at radius 3 is 2.26 bits per heavy atom. The standard InChI is InChI=1S/C13H18N2O8/c14-22-11(20)2-1-7(5-10(18)19)8-6-13(8,12(21)23-15)4-3-9(16)17/h1,8H,2-6,14-15H2,(H,16,17)(H,18,19). The zero-order chi connectivity index (χ0) is 17.6. The maximum Gasteiger partial charge on any atom is 0.331 e. The third-order valence-corrected chi connectivity index (χ3v) is 3.84. The van der Waals surface area contributed by atoms with E-state index in [1.165, 1.54) is 6.08 Å². The van der Waals surface area contributed by atoms with E-state index in [1.807, 2.05) is 0 Å². The maximum atomic E-state index is 11.9. The van der Waals surface area contributed by atoms with E-state index in [0.717, 1.165) is 0 Å². The molecule has 0 aromatic carbocycles. The number of aliphatic carboxylic acids is 2. The third-order valence-electron chi connectivity index (χ3n) is 3.84. The Labute approximate surface area is 130 Å². The molecule has 1 saturated carbocycles. The van der Waals surface area contributed by atoms with Crippen LogP contribution in [0.3, 0.4) is 0 Å². The smallest absolute Gasteiger partial charge is 0.331 e. The number of rotatable bonds is 9. The van der Waals surface area contributed by atoms with E-state index in [9.17, 15) is 19.2 Å². The van der Waals surface area contributed by atoms with E-state index >= 15 is 0 Å². The summed E-state index contributed by atoms with van der Waals surface area (Å²) in [4.78, 5) is 52.9. The van der Waals surface area contributed by atoms with Crippen LogP contribution in [0.25, 0.3) is 0 Å². The van der Waals surface area contributed by atoms with Crippen molar-refractivity contribution in [2.45, 2.75) is 32.1 Å². The quantitative estimate of drug-likeness (QED) is 0.317. The van der Waals surface area contributed by atoms with E-state index in [1.54, 1.807) is 0 Å². The summed E-state index contributed by atoms with van der Waals surface area (Å²) in [6, 6.07) is 0. The summed E-state index contributed by atoms with van der Waals surface area (Å²) >= 11 is 0. The largest absolute Gasteiger partial charge is 0.481 e. The van der Waals surface area contributed by atoms with Crippen molar-refractivity contribution in [3.8, 4) is 0 Å². The first kappa shape index (κ1) is 18.6. The van der Waals surface area contributed by atoms with Crippen molar-refractivity contribution in [3.05, 3.63) is 11.6 Å². The summed E-state index contributed by atoms with van der Waals surface area (Å²) in [5, 5.41) is 17.7. The maximum absolute atomic E-state index is 11.9. The van der Waals surface area contributed by atoms with Gasteiger partial charge in [0.2, 0.25) is 0 Å². The van der Waals surface area contributed by atoms with Crippen LogP contribution in [0.2, 0.25) is 0 Å². The number of hydrogen-bond donors (Lipinski definition) is 4. The number of hydrogen-bond acceptors (Lipinski definition) is 8. The molecule has 0 spiro atoms. The predicted molar refractivity (Wildman–Crippen MR) is 72.9 cm³/mol. The van der Waals surface area contributed by atoms with Gasteiger partial charge in [0.25, 0.3) is 0 Å². The highest BCUT2D eigenvalue weighted by Gasteiger charge is 2.62. The summed E-state index contributed by atoms with van der Waals surface area (Å²) in [7, 11) is 0. The van der Waals surface area contributed by atoms with Crippen molar-refractivity contribution in [2.24, 2.45) is 23.1 Å². The lowest BCUT2D eigenvalue weighted by atomic mass is 9.92. The molecule has 1 aliphatic carbocycles. The molecule has 2 atom stereocenters. The molecular weight excluding hydrogens is 312 g/mol. The van der Waals surface area contributed by atoms with Crippen molar-refractivity contribution in [3.63, 3.8) is 0 Å². The molecule has 0 amide bonds. The van der Waals surface area contributed by atoms with Crippen LogP contribution in [0.15, 0.2) is 11.6 Å². The second-order valence-corrected chi connectivity index (χ2v) is 5.26. The van der Waals surface area contributed by atoms with Crippen LogP contribution in [0, 0.1) is 11.3 Å². The summed E-state index contributed by atoms with van der Waals surface area (Å²) in [5.74, 6) is 5.20. The molecule has 23 heavy (non-hydrogen) atoms. The summed E-state index contributed by atoms with van der Waals surface area (Å²) < 4.78 is 0. The van der Waals surface area contributed by atoms with Crippen LogP contribution in [0.5, 0.6) is 0 Å². The van der Waals surface area contributed by atoms with Crippen molar-refractivity contribution in [2.75, 3.05) is 0 Å². The Balaban J connectivity index is 2.96. The number of carbonyl (C=O) groups is 4. The van der Waals surface area contributed by atoms with Gasteiger partial charge in [-0.05, 0) is 18.8 Å². The fraction of sp³-hybridized carbons (Fsp3) is 0.538. The van der Waals surface area contributed by atoms with Gasteiger partial charge in [0.1, 0.15) is 0 Å². The molecule has 1 rings (SSSR count). The highest BCUT2D eigenvalue weighted by molar-refractivity contribution is 5.83. The third kappa shape index (κ3) is 4.76. The minimum atomic E-state index is -1.18. The molecule has 1 aliphatic rings. The monoisotopic (exact) mass is 330 g/mol. The average molecular weight is 330 g/mol. The Morgan fingerprint density at radius 2 is 1.78 bits per heavy atom. The van der Waals surface area contributed by atoms with Crippen molar-refractivity contribution >= 4 is 23.9 Å². The highest BCUT2D eigenvalue weighted by atomic mass is 16.7. The van der Waals surface area contributed by atoms with Crippen molar-refractivity contribution < 1.29 is 39.1 Å². The number of carbonyl (C=O) groups excluding carboxylic acids is 2. The minimum absolute atomic E-state index is 0.0403. The Bertz CT molecular complexity index is 544. The molecule has 10 nitrogen and oxygen atoms in total. The molecule has 0 aromatic heterocycles. The van der Waals surface area contributed by atoms with Gasteiger partial charge in [-0.25, -0.2) is 4.79 Å². The summed E-state index contributed by atoms with van der Waals surface area (Å²) in [5.41, 5.74) is -0.875. The van der Waals surface area contributed by atoms with Crippen LogP contribution >= 0.6 is 0 Å². The lowest BCUT2D eigenvalue weighted by Gasteiger charge is -2.14. The van der Waals surface area contributed by atoms with Gasteiger partial charge in [0.05, 0.1) is 18.3 Å². The average Bonchev–Trinajstić information content (AvgIpc) is 3.23. The predicted octanol–water partition coefficient (Wildman–Crippen LogP) is -0.517. The number of carboxylic acids is 2. The van der Waals surface area contributed by atoms with Gasteiger partial charge in [0.15, 0.2) is 0 Å². The minimum Gasteiger partial charge on any atom is -0.481 e. The molecule has 2 unspecified atom stereocenters. The Morgan fingerprint density at radius 1 is 1.13 bits per heavy atom. The first-order valence-electron chi connectivity index (χ1n) is 6.70. The molecule has 0 aliphatic heterocycles. The van der Waals surface area contributed by atoms with Crippen LogP contribution < -0.4 is 11.8 Å². The van der Waals surface area contributed by atoms with E-state index in [-0.39, 0.29) is 25.7 Å². The van der Waals surface area contributed by atoms with Crippen LogP contribution in [-0.2, 0) is 28.9 Å². The second-order valence-electron chi connectivity index (χ2n) is 5.26. The van der Waals surface area contributed by atoms with Gasteiger partial charge >= 0.3 is 23.9 Å². The SMILES string of the molecule is NOC(=O)CC=C(CC(=O)O)C1CC1(CCC(=O)O)C(=O)ON. The second kappa shape index (κ2) is 7.70. The molecule has 6 N–H and O–H groups in total. The molecule has 0 aromatic rings. The normalized spacial score (nSPS) is 23.0. The van der Waals surface area contributed by atoms with Gasteiger partial charge in [-0.1, -0.05) is 11.6 Å². The molecular formula is C13H18N2O8. The fourth-order valence-electron chi connectivity index (χ4n) is 2.62. The van der Waals surface area contributed by atoms with Crippen LogP contribution in [0.1, 0.15) is 32.1 Å². The number of carboxylic acid groups (broad SMARTS) is 2. The lowest BCUT2D eigenvalue weighted by molar-refractivity contribution is -0.152. The van der Waals surface area contributed by atoms with E-state index in [2.05, 4.69) is 9.68 Å². The van der Waals surface area contributed by atoms with Gasteiger partial charge in [0, 0.05) is 6.42 Å². The van der Waals surface area contributed by atoms with E-state index in [0.29, 0.717) is 5.57 Å². The van der Waals surface area contributed by atoms with Crippen molar-refractivity contribution in [1.82, 2.24) is 0 Å². The summed E-state index contributed by atoms with van der Waals surface area (Å²) in [6.45, 7) is 0. The molecule has 128 valence electrons. The Hall–Kier alpha value is -2.46. The topological polar surface area (TPSA) is 179 Å². The lowest BCUT2D eigenvalue weighted by Crippen LogP contribution is -2.26. The first-order valence-corrected chi connectivity index (χ1v) is 6.70. The molecule has 0 radical (unpaired) electrons.